The summed E-state index contributed by atoms with van der Waals surface area (Å²) in [6.07, 6.45) is 4.07. The van der Waals surface area contributed by atoms with Gasteiger partial charge >= 0.3 is 0 Å². The Hall–Kier alpha value is -1.55. The van der Waals surface area contributed by atoms with Crippen molar-refractivity contribution in [3.8, 4) is 5.75 Å². The number of benzene rings is 1. The molecule has 0 bridgehead atoms. The van der Waals surface area contributed by atoms with Crippen LogP contribution in [0.4, 0.5) is 0 Å². The summed E-state index contributed by atoms with van der Waals surface area (Å²) in [5.41, 5.74) is 8.44. The summed E-state index contributed by atoms with van der Waals surface area (Å²) < 4.78 is 5.51. The van der Waals surface area contributed by atoms with Crippen molar-refractivity contribution in [3.05, 3.63) is 29.3 Å². The van der Waals surface area contributed by atoms with Crippen molar-refractivity contribution in [2.24, 2.45) is 5.73 Å². The predicted molar refractivity (Wildman–Crippen MR) is 75.1 cm³/mol. The number of unbranched alkanes of at least 4 members (excludes halogenated alkanes) is 1. The Morgan fingerprint density at radius 3 is 3.16 bits per heavy atom. The molecule has 0 spiro atoms. The van der Waals surface area contributed by atoms with E-state index in [0.29, 0.717) is 0 Å². The monoisotopic (exact) mass is 262 g/mol. The highest BCUT2D eigenvalue weighted by Gasteiger charge is 2.19. The Morgan fingerprint density at radius 2 is 2.37 bits per heavy atom. The molecule has 0 saturated carbocycles. The third-order valence-corrected chi connectivity index (χ3v) is 3.46. The third kappa shape index (κ3) is 3.70. The average molecular weight is 262 g/mol. The van der Waals surface area contributed by atoms with E-state index in [1.54, 1.807) is 0 Å². The van der Waals surface area contributed by atoms with E-state index in [4.69, 9.17) is 10.5 Å². The Labute approximate surface area is 114 Å². The molecule has 0 radical (unpaired) electrons. The quantitative estimate of drug-likeness (QED) is 0.770. The Kier molecular flexibility index (Phi) is 4.80. The minimum atomic E-state index is -0.0642. The average Bonchev–Trinajstić information content (AvgIpc) is 2.78. The standard InChI is InChI=1S/C15H22N2O2/c1-2-3-8-17-15(18)10-19-12-5-6-13-11(9-12)4-7-14(13)16/h5-6,9,14H,2-4,7-8,10,16H2,1H3,(H,17,18)/t14-/m0/s1. The first-order valence-corrected chi connectivity index (χ1v) is 6.98. The van der Waals surface area contributed by atoms with Crippen molar-refractivity contribution in [2.45, 2.75) is 38.6 Å². The number of ether oxygens (including phenoxy) is 1. The summed E-state index contributed by atoms with van der Waals surface area (Å²) in [7, 11) is 0. The van der Waals surface area contributed by atoms with E-state index in [-0.39, 0.29) is 18.6 Å². The van der Waals surface area contributed by atoms with Crippen LogP contribution in [0.2, 0.25) is 0 Å². The molecule has 4 heteroatoms. The SMILES string of the molecule is CCCCNC(=O)COc1ccc2c(c1)CC[C@@H]2N. The molecule has 1 aromatic rings. The van der Waals surface area contributed by atoms with Gasteiger partial charge in [-0.1, -0.05) is 19.4 Å². The Balaban J connectivity index is 1.82. The molecule has 4 nitrogen and oxygen atoms in total. The lowest BCUT2D eigenvalue weighted by molar-refractivity contribution is -0.123. The predicted octanol–water partition coefficient (Wildman–Crippen LogP) is 1.93. The number of nitrogens with one attached hydrogen (secondary N) is 1. The lowest BCUT2D eigenvalue weighted by Gasteiger charge is -2.09. The number of rotatable bonds is 6. The smallest absolute Gasteiger partial charge is 0.257 e. The Morgan fingerprint density at radius 1 is 1.53 bits per heavy atom. The number of carbonyl (C=O) groups is 1. The molecule has 3 N–H and O–H groups in total. The molecule has 0 heterocycles. The van der Waals surface area contributed by atoms with Crippen LogP contribution in [0.3, 0.4) is 0 Å². The van der Waals surface area contributed by atoms with Crippen LogP contribution in [0.1, 0.15) is 43.4 Å². The Bertz CT molecular complexity index is 446. The summed E-state index contributed by atoms with van der Waals surface area (Å²) in [6, 6.07) is 6.06. The maximum Gasteiger partial charge on any atom is 0.257 e. The van der Waals surface area contributed by atoms with Crippen molar-refractivity contribution >= 4 is 5.91 Å². The van der Waals surface area contributed by atoms with E-state index in [9.17, 15) is 4.79 Å². The number of aryl methyl sites for hydroxylation is 1. The molecule has 1 aliphatic carbocycles. The van der Waals surface area contributed by atoms with Crippen molar-refractivity contribution in [1.29, 1.82) is 0 Å². The van der Waals surface area contributed by atoms with Crippen LogP contribution in [0.5, 0.6) is 5.75 Å². The van der Waals surface area contributed by atoms with E-state index < -0.39 is 0 Å². The van der Waals surface area contributed by atoms with Gasteiger partial charge in [0.1, 0.15) is 5.75 Å². The van der Waals surface area contributed by atoms with Gasteiger partial charge in [-0.2, -0.15) is 0 Å². The zero-order chi connectivity index (χ0) is 13.7. The summed E-state index contributed by atoms with van der Waals surface area (Å²) in [5.74, 6) is 0.684. The first-order valence-electron chi connectivity index (χ1n) is 6.98. The number of hydrogen-bond acceptors (Lipinski definition) is 3. The van der Waals surface area contributed by atoms with E-state index in [1.165, 1.54) is 11.1 Å². The molecule has 2 rings (SSSR count). The highest BCUT2D eigenvalue weighted by Crippen LogP contribution is 2.31. The van der Waals surface area contributed by atoms with Crippen LogP contribution in [0.15, 0.2) is 18.2 Å². The van der Waals surface area contributed by atoms with Gasteiger partial charge in [-0.3, -0.25) is 4.79 Å². The van der Waals surface area contributed by atoms with E-state index in [0.717, 1.165) is 38.0 Å². The van der Waals surface area contributed by atoms with Crippen molar-refractivity contribution in [2.75, 3.05) is 13.2 Å². The summed E-state index contributed by atoms with van der Waals surface area (Å²) in [6.45, 7) is 2.89. The minimum Gasteiger partial charge on any atom is -0.484 e. The third-order valence-electron chi connectivity index (χ3n) is 3.46. The van der Waals surface area contributed by atoms with Crippen LogP contribution in [0.25, 0.3) is 0 Å². The van der Waals surface area contributed by atoms with Crippen LogP contribution < -0.4 is 15.8 Å². The lowest BCUT2D eigenvalue weighted by atomic mass is 10.1. The number of hydrogen-bond donors (Lipinski definition) is 2. The fraction of sp³-hybridized carbons (Fsp3) is 0.533. The van der Waals surface area contributed by atoms with Gasteiger partial charge < -0.3 is 15.8 Å². The maximum absolute atomic E-state index is 11.5. The molecule has 104 valence electrons. The van der Waals surface area contributed by atoms with Crippen molar-refractivity contribution < 1.29 is 9.53 Å². The van der Waals surface area contributed by atoms with E-state index >= 15 is 0 Å². The molecular formula is C15H22N2O2. The molecule has 1 atom stereocenters. The van der Waals surface area contributed by atoms with Crippen LogP contribution in [-0.4, -0.2) is 19.1 Å². The van der Waals surface area contributed by atoms with Gasteiger partial charge in [-0.25, -0.2) is 0 Å². The molecule has 0 aromatic heterocycles. The van der Waals surface area contributed by atoms with Crippen molar-refractivity contribution in [1.82, 2.24) is 5.32 Å². The fourth-order valence-corrected chi connectivity index (χ4v) is 2.32. The van der Waals surface area contributed by atoms with E-state index in [2.05, 4.69) is 12.2 Å². The topological polar surface area (TPSA) is 64.3 Å². The second-order valence-electron chi connectivity index (χ2n) is 5.00. The molecule has 0 aliphatic heterocycles. The molecule has 0 saturated heterocycles. The molecular weight excluding hydrogens is 240 g/mol. The fourth-order valence-electron chi connectivity index (χ4n) is 2.32. The molecule has 19 heavy (non-hydrogen) atoms. The normalized spacial score (nSPS) is 17.1. The minimum absolute atomic E-state index is 0.0642. The second-order valence-corrected chi connectivity index (χ2v) is 5.00. The van der Waals surface area contributed by atoms with Gasteiger partial charge in [0.05, 0.1) is 0 Å². The summed E-state index contributed by atoms with van der Waals surface area (Å²) in [4.78, 5) is 11.5. The first-order chi connectivity index (χ1) is 9.20. The van der Waals surface area contributed by atoms with Crippen LogP contribution in [-0.2, 0) is 11.2 Å². The second kappa shape index (κ2) is 6.57. The van der Waals surface area contributed by atoms with Crippen molar-refractivity contribution in [3.63, 3.8) is 0 Å². The number of fused-ring (bicyclic) bond motifs is 1. The van der Waals surface area contributed by atoms with Gasteiger partial charge in [-0.15, -0.1) is 0 Å². The van der Waals surface area contributed by atoms with Gasteiger partial charge in [0.15, 0.2) is 6.61 Å². The zero-order valence-electron chi connectivity index (χ0n) is 11.4. The zero-order valence-corrected chi connectivity index (χ0v) is 11.4. The molecule has 1 aliphatic rings. The molecule has 1 aromatic carbocycles. The number of amides is 1. The van der Waals surface area contributed by atoms with Gasteiger partial charge in [0.2, 0.25) is 0 Å². The summed E-state index contributed by atoms with van der Waals surface area (Å²) >= 11 is 0. The van der Waals surface area contributed by atoms with Gasteiger partial charge in [0, 0.05) is 12.6 Å². The van der Waals surface area contributed by atoms with E-state index in [1.807, 2.05) is 18.2 Å². The van der Waals surface area contributed by atoms with Gasteiger partial charge in [-0.05, 0) is 42.5 Å². The summed E-state index contributed by atoms with van der Waals surface area (Å²) in [5, 5.41) is 2.83. The number of nitrogens with two attached hydrogens (primary N) is 1. The molecule has 0 unspecified atom stereocenters. The van der Waals surface area contributed by atoms with Crippen LogP contribution >= 0.6 is 0 Å². The lowest BCUT2D eigenvalue weighted by Crippen LogP contribution is -2.29. The first kappa shape index (κ1) is 13.9. The molecule has 0 fully saturated rings. The van der Waals surface area contributed by atoms with Crippen LogP contribution in [0, 0.1) is 0 Å². The molecule has 1 amide bonds. The number of carbonyl (C=O) groups excluding carboxylic acids is 1. The highest BCUT2D eigenvalue weighted by molar-refractivity contribution is 5.77. The van der Waals surface area contributed by atoms with Gasteiger partial charge in [0.25, 0.3) is 5.91 Å². The highest BCUT2D eigenvalue weighted by atomic mass is 16.5. The maximum atomic E-state index is 11.5. The largest absolute Gasteiger partial charge is 0.484 e.